The standard InChI is InChI=1S/C17H27NO3S/c1-12-5-4-6-15(9-12)21-13(2)16(19)18-11-17(3,20)14-7-8-22-10-14/h7-8,10,12-13,15,20H,4-6,9,11H2,1-3H3,(H,18,19). The maximum atomic E-state index is 12.2. The number of hydrogen-bond donors (Lipinski definition) is 2. The van der Waals surface area contributed by atoms with Gasteiger partial charge in [-0.3, -0.25) is 4.79 Å². The van der Waals surface area contributed by atoms with Gasteiger partial charge in [-0.1, -0.05) is 19.8 Å². The maximum Gasteiger partial charge on any atom is 0.248 e. The van der Waals surface area contributed by atoms with Gasteiger partial charge >= 0.3 is 0 Å². The molecule has 0 saturated heterocycles. The van der Waals surface area contributed by atoms with Gasteiger partial charge in [0.05, 0.1) is 12.6 Å². The first-order chi connectivity index (χ1) is 10.4. The monoisotopic (exact) mass is 325 g/mol. The predicted molar refractivity (Wildman–Crippen MR) is 88.9 cm³/mol. The molecule has 0 aromatic carbocycles. The Morgan fingerprint density at radius 1 is 1.59 bits per heavy atom. The Bertz CT molecular complexity index is 472. The van der Waals surface area contributed by atoms with E-state index in [1.807, 2.05) is 16.8 Å². The van der Waals surface area contributed by atoms with E-state index in [9.17, 15) is 9.90 Å². The Morgan fingerprint density at radius 2 is 2.36 bits per heavy atom. The number of hydrogen-bond acceptors (Lipinski definition) is 4. The molecule has 1 aliphatic rings. The van der Waals surface area contributed by atoms with Gasteiger partial charge in [0.1, 0.15) is 11.7 Å². The van der Waals surface area contributed by atoms with E-state index in [0.717, 1.165) is 18.4 Å². The second kappa shape index (κ2) is 7.57. The molecule has 124 valence electrons. The fraction of sp³-hybridized carbons (Fsp3) is 0.706. The summed E-state index contributed by atoms with van der Waals surface area (Å²) in [6, 6.07) is 1.88. The van der Waals surface area contributed by atoms with Crippen LogP contribution in [0.4, 0.5) is 0 Å². The topological polar surface area (TPSA) is 58.6 Å². The van der Waals surface area contributed by atoms with Crippen molar-refractivity contribution >= 4 is 17.2 Å². The van der Waals surface area contributed by atoms with Crippen LogP contribution in [0.25, 0.3) is 0 Å². The highest BCUT2D eigenvalue weighted by atomic mass is 32.1. The van der Waals surface area contributed by atoms with Crippen LogP contribution in [0.15, 0.2) is 16.8 Å². The summed E-state index contributed by atoms with van der Waals surface area (Å²) in [6.07, 6.45) is 4.20. The van der Waals surface area contributed by atoms with Crippen LogP contribution in [-0.2, 0) is 15.1 Å². The number of carbonyl (C=O) groups excluding carboxylic acids is 1. The van der Waals surface area contributed by atoms with E-state index in [1.54, 1.807) is 13.8 Å². The molecular weight excluding hydrogens is 298 g/mol. The first kappa shape index (κ1) is 17.4. The van der Waals surface area contributed by atoms with E-state index in [4.69, 9.17) is 4.74 Å². The lowest BCUT2D eigenvalue weighted by molar-refractivity contribution is -0.138. The predicted octanol–water partition coefficient (Wildman–Crippen LogP) is 3.06. The van der Waals surface area contributed by atoms with Crippen LogP contribution in [0.1, 0.15) is 52.0 Å². The molecule has 4 atom stereocenters. The maximum absolute atomic E-state index is 12.2. The Kier molecular flexibility index (Phi) is 6.01. The summed E-state index contributed by atoms with van der Waals surface area (Å²) in [5.74, 6) is 0.516. The summed E-state index contributed by atoms with van der Waals surface area (Å²) < 4.78 is 5.89. The van der Waals surface area contributed by atoms with E-state index in [0.29, 0.717) is 5.92 Å². The Labute approximate surface area is 136 Å². The molecule has 22 heavy (non-hydrogen) atoms. The molecule has 4 unspecified atom stereocenters. The number of aliphatic hydroxyl groups is 1. The molecule has 1 fully saturated rings. The van der Waals surface area contributed by atoms with Gasteiger partial charge in [0.15, 0.2) is 0 Å². The molecule has 1 amide bonds. The van der Waals surface area contributed by atoms with Crippen molar-refractivity contribution in [2.24, 2.45) is 5.92 Å². The summed E-state index contributed by atoms with van der Waals surface area (Å²) in [5.41, 5.74) is -0.221. The van der Waals surface area contributed by atoms with Crippen LogP contribution in [0, 0.1) is 5.92 Å². The molecule has 1 aromatic rings. The summed E-state index contributed by atoms with van der Waals surface area (Å²) in [7, 11) is 0. The zero-order chi connectivity index (χ0) is 16.2. The van der Waals surface area contributed by atoms with Crippen LogP contribution < -0.4 is 5.32 Å². The van der Waals surface area contributed by atoms with E-state index in [1.165, 1.54) is 24.2 Å². The van der Waals surface area contributed by atoms with Crippen LogP contribution in [0.2, 0.25) is 0 Å². The third-order valence-electron chi connectivity index (χ3n) is 4.40. The first-order valence-electron chi connectivity index (χ1n) is 8.06. The second-order valence-corrected chi connectivity index (χ2v) is 7.46. The quantitative estimate of drug-likeness (QED) is 0.845. The lowest BCUT2D eigenvalue weighted by atomic mass is 9.88. The molecule has 1 aliphatic carbocycles. The Morgan fingerprint density at radius 3 is 3.00 bits per heavy atom. The number of carbonyl (C=O) groups is 1. The Hall–Kier alpha value is -0.910. The molecule has 0 aliphatic heterocycles. The van der Waals surface area contributed by atoms with Crippen molar-refractivity contribution in [2.75, 3.05) is 6.54 Å². The SMILES string of the molecule is CC1CCCC(OC(C)C(=O)NCC(C)(O)c2ccsc2)C1. The van der Waals surface area contributed by atoms with Crippen molar-refractivity contribution in [2.45, 2.75) is 64.3 Å². The zero-order valence-electron chi connectivity index (χ0n) is 13.7. The van der Waals surface area contributed by atoms with E-state index < -0.39 is 11.7 Å². The Balaban J connectivity index is 1.79. The van der Waals surface area contributed by atoms with Crippen LogP contribution in [0.5, 0.6) is 0 Å². The van der Waals surface area contributed by atoms with E-state index in [2.05, 4.69) is 12.2 Å². The smallest absolute Gasteiger partial charge is 0.248 e. The molecule has 4 nitrogen and oxygen atoms in total. The van der Waals surface area contributed by atoms with Crippen LogP contribution in [0.3, 0.4) is 0 Å². The highest BCUT2D eigenvalue weighted by molar-refractivity contribution is 7.08. The van der Waals surface area contributed by atoms with Crippen molar-refractivity contribution in [1.82, 2.24) is 5.32 Å². The molecule has 0 spiro atoms. The second-order valence-electron chi connectivity index (χ2n) is 6.68. The van der Waals surface area contributed by atoms with Crippen molar-refractivity contribution in [3.63, 3.8) is 0 Å². The highest BCUT2D eigenvalue weighted by Gasteiger charge is 2.27. The molecule has 1 aromatic heterocycles. The number of nitrogens with one attached hydrogen (secondary N) is 1. The van der Waals surface area contributed by atoms with Crippen molar-refractivity contribution < 1.29 is 14.6 Å². The average molecular weight is 325 g/mol. The summed E-state index contributed by atoms with van der Waals surface area (Å²) in [5, 5.41) is 17.0. The summed E-state index contributed by atoms with van der Waals surface area (Å²) in [4.78, 5) is 12.2. The van der Waals surface area contributed by atoms with Gasteiger partial charge in [0.2, 0.25) is 5.91 Å². The summed E-state index contributed by atoms with van der Waals surface area (Å²) in [6.45, 7) is 5.92. The lowest BCUT2D eigenvalue weighted by Crippen LogP contribution is -2.44. The molecule has 0 radical (unpaired) electrons. The minimum atomic E-state index is -1.05. The molecular formula is C17H27NO3S. The third-order valence-corrected chi connectivity index (χ3v) is 5.09. The van der Waals surface area contributed by atoms with Gasteiger partial charge in [0.25, 0.3) is 0 Å². The molecule has 5 heteroatoms. The normalized spacial score (nSPS) is 26.2. The number of amides is 1. The number of rotatable bonds is 6. The highest BCUT2D eigenvalue weighted by Crippen LogP contribution is 2.26. The van der Waals surface area contributed by atoms with E-state index >= 15 is 0 Å². The van der Waals surface area contributed by atoms with Crippen molar-refractivity contribution in [3.05, 3.63) is 22.4 Å². The molecule has 2 rings (SSSR count). The average Bonchev–Trinajstić information content (AvgIpc) is 3.00. The van der Waals surface area contributed by atoms with Gasteiger partial charge in [-0.2, -0.15) is 11.3 Å². The third kappa shape index (κ3) is 4.80. The molecule has 1 saturated carbocycles. The van der Waals surface area contributed by atoms with Gasteiger partial charge in [-0.25, -0.2) is 0 Å². The fourth-order valence-electron chi connectivity index (χ4n) is 2.93. The van der Waals surface area contributed by atoms with Gasteiger partial charge < -0.3 is 15.2 Å². The van der Waals surface area contributed by atoms with Gasteiger partial charge in [-0.15, -0.1) is 0 Å². The van der Waals surface area contributed by atoms with Crippen LogP contribution in [-0.4, -0.2) is 29.8 Å². The number of ether oxygens (including phenoxy) is 1. The zero-order valence-corrected chi connectivity index (χ0v) is 14.5. The molecule has 0 bridgehead atoms. The molecule has 1 heterocycles. The molecule has 2 N–H and O–H groups in total. The lowest BCUT2D eigenvalue weighted by Gasteiger charge is -2.29. The number of thiophene rings is 1. The first-order valence-corrected chi connectivity index (χ1v) is 9.01. The largest absolute Gasteiger partial charge is 0.384 e. The van der Waals surface area contributed by atoms with Gasteiger partial charge in [-0.05, 0) is 55.0 Å². The van der Waals surface area contributed by atoms with E-state index in [-0.39, 0.29) is 18.6 Å². The van der Waals surface area contributed by atoms with Crippen LogP contribution >= 0.6 is 11.3 Å². The fourth-order valence-corrected chi connectivity index (χ4v) is 3.71. The van der Waals surface area contributed by atoms with Crippen molar-refractivity contribution in [3.8, 4) is 0 Å². The minimum Gasteiger partial charge on any atom is -0.384 e. The van der Waals surface area contributed by atoms with Crippen molar-refractivity contribution in [1.29, 1.82) is 0 Å². The van der Waals surface area contributed by atoms with Gasteiger partial charge in [0, 0.05) is 0 Å². The minimum absolute atomic E-state index is 0.159. The summed E-state index contributed by atoms with van der Waals surface area (Å²) >= 11 is 1.53.